The van der Waals surface area contributed by atoms with Crippen molar-refractivity contribution in [2.45, 2.75) is 76.9 Å². The van der Waals surface area contributed by atoms with Crippen LogP contribution in [0.4, 0.5) is 0 Å². The number of rotatable bonds is 12. The Kier molecular flexibility index (Phi) is 10.3. The van der Waals surface area contributed by atoms with Gasteiger partial charge >= 0.3 is 5.97 Å². The second-order valence-corrected chi connectivity index (χ2v) is 6.86. The molecule has 0 heterocycles. The average molecular weight is 352 g/mol. The molecule has 25 heavy (non-hydrogen) atoms. The fourth-order valence-electron chi connectivity index (χ4n) is 3.22. The highest BCUT2D eigenvalue weighted by Crippen LogP contribution is 2.33. The molecule has 0 amide bonds. The highest BCUT2D eigenvalue weighted by atomic mass is 16.4. The van der Waals surface area contributed by atoms with E-state index in [0.717, 1.165) is 19.3 Å². The van der Waals surface area contributed by atoms with Crippen molar-refractivity contribution in [1.29, 1.82) is 0 Å². The van der Waals surface area contributed by atoms with Crippen molar-refractivity contribution >= 4 is 11.8 Å². The molecule has 3 N–H and O–H groups in total. The number of Topliss-reactive ketones (excluding diaryl/α,β-unsaturated/α-hetero) is 1. The molecule has 0 aromatic carbocycles. The Bertz CT molecular complexity index is 469. The molecule has 5 nitrogen and oxygen atoms in total. The number of aliphatic carboxylic acids is 1. The second-order valence-electron chi connectivity index (χ2n) is 6.86. The Labute approximate surface area is 150 Å². The summed E-state index contributed by atoms with van der Waals surface area (Å²) in [5.41, 5.74) is 0. The Hall–Kier alpha value is -1.46. The zero-order valence-corrected chi connectivity index (χ0v) is 15.1. The lowest BCUT2D eigenvalue weighted by Gasteiger charge is -2.16. The van der Waals surface area contributed by atoms with Crippen molar-refractivity contribution in [1.82, 2.24) is 0 Å². The van der Waals surface area contributed by atoms with Gasteiger partial charge in [-0.05, 0) is 25.7 Å². The van der Waals surface area contributed by atoms with Crippen LogP contribution in [0.3, 0.4) is 0 Å². The van der Waals surface area contributed by atoms with E-state index in [-0.39, 0.29) is 30.5 Å². The lowest BCUT2D eigenvalue weighted by molar-refractivity contribution is -0.137. The van der Waals surface area contributed by atoms with Gasteiger partial charge in [0.05, 0.1) is 12.2 Å². The predicted octanol–water partition coefficient (Wildman–Crippen LogP) is 3.25. The largest absolute Gasteiger partial charge is 0.481 e. The fourth-order valence-corrected chi connectivity index (χ4v) is 3.22. The second kappa shape index (κ2) is 12.0. The number of aliphatic hydroxyl groups excluding tert-OH is 2. The molecule has 1 rings (SSSR count). The molecule has 0 spiro atoms. The van der Waals surface area contributed by atoms with E-state index >= 15 is 0 Å². The molecule has 5 heteroatoms. The third kappa shape index (κ3) is 8.45. The van der Waals surface area contributed by atoms with E-state index in [1.165, 1.54) is 0 Å². The van der Waals surface area contributed by atoms with E-state index in [9.17, 15) is 19.8 Å². The molecule has 0 aromatic heterocycles. The summed E-state index contributed by atoms with van der Waals surface area (Å²) in [6, 6.07) is 0. The Balaban J connectivity index is 2.48. The number of ketones is 1. The lowest BCUT2D eigenvalue weighted by Crippen LogP contribution is -2.18. The van der Waals surface area contributed by atoms with Crippen LogP contribution >= 0.6 is 0 Å². The van der Waals surface area contributed by atoms with E-state index in [2.05, 4.69) is 6.92 Å². The number of carboxylic acids is 1. The number of carbonyl (C=O) groups excluding carboxylic acids is 1. The number of aliphatic hydroxyl groups is 2. The van der Waals surface area contributed by atoms with Crippen LogP contribution in [0.25, 0.3) is 0 Å². The first-order valence-corrected chi connectivity index (χ1v) is 9.39. The third-order valence-electron chi connectivity index (χ3n) is 4.71. The van der Waals surface area contributed by atoms with Crippen molar-refractivity contribution < 1.29 is 24.9 Å². The van der Waals surface area contributed by atoms with Gasteiger partial charge in [0, 0.05) is 24.7 Å². The summed E-state index contributed by atoms with van der Waals surface area (Å²) in [6.07, 6.45) is 12.1. The maximum atomic E-state index is 12.1. The zero-order chi connectivity index (χ0) is 18.7. The molecule has 1 aliphatic rings. The van der Waals surface area contributed by atoms with Gasteiger partial charge in [-0.2, -0.15) is 0 Å². The van der Waals surface area contributed by atoms with Gasteiger partial charge in [0.25, 0.3) is 0 Å². The first-order valence-electron chi connectivity index (χ1n) is 9.39. The van der Waals surface area contributed by atoms with E-state index in [4.69, 9.17) is 5.11 Å². The smallest absolute Gasteiger partial charge is 0.303 e. The third-order valence-corrected chi connectivity index (χ3v) is 4.71. The molecular formula is C20H32O5. The molecule has 0 aliphatic heterocycles. The van der Waals surface area contributed by atoms with Crippen molar-refractivity contribution in [3.05, 3.63) is 24.3 Å². The van der Waals surface area contributed by atoms with Gasteiger partial charge in [-0.3, -0.25) is 9.59 Å². The molecule has 142 valence electrons. The Morgan fingerprint density at radius 3 is 2.72 bits per heavy atom. The summed E-state index contributed by atoms with van der Waals surface area (Å²) in [7, 11) is 0. The minimum Gasteiger partial charge on any atom is -0.481 e. The quantitative estimate of drug-likeness (QED) is 0.370. The number of carbonyl (C=O) groups is 2. The highest BCUT2D eigenvalue weighted by Gasteiger charge is 2.39. The number of unbranched alkanes of at least 4 members (excludes halogenated alkanes) is 3. The van der Waals surface area contributed by atoms with Crippen LogP contribution in [0.15, 0.2) is 24.3 Å². The average Bonchev–Trinajstić information content (AvgIpc) is 2.82. The van der Waals surface area contributed by atoms with Gasteiger partial charge < -0.3 is 15.3 Å². The standard InChI is InChI=1S/C20H32O5/c1-2-3-6-9-15(21)12-13-17-16(18(22)14-19(17)23)10-7-4-5-8-11-20(24)25/h4,7,12-13,15-17,19,21,23H,2-3,5-6,8-11,14H2,1H3,(H,24,25)/b7-4-,13-12+/t15?,16?,17-,19?/m1/s1. The monoisotopic (exact) mass is 352 g/mol. The highest BCUT2D eigenvalue weighted by molar-refractivity contribution is 5.84. The van der Waals surface area contributed by atoms with E-state index in [0.29, 0.717) is 25.7 Å². The van der Waals surface area contributed by atoms with E-state index < -0.39 is 18.2 Å². The summed E-state index contributed by atoms with van der Waals surface area (Å²) in [5.74, 6) is -1.26. The van der Waals surface area contributed by atoms with Crippen molar-refractivity contribution in [2.24, 2.45) is 11.8 Å². The summed E-state index contributed by atoms with van der Waals surface area (Å²) in [5, 5.41) is 28.7. The normalized spacial score (nSPS) is 25.2. The number of allylic oxidation sites excluding steroid dienone is 2. The van der Waals surface area contributed by atoms with Crippen LogP contribution in [0, 0.1) is 11.8 Å². The van der Waals surface area contributed by atoms with Crippen molar-refractivity contribution in [2.75, 3.05) is 0 Å². The molecule has 0 aromatic rings. The lowest BCUT2D eigenvalue weighted by atomic mass is 9.90. The van der Waals surface area contributed by atoms with Crippen LogP contribution < -0.4 is 0 Å². The van der Waals surface area contributed by atoms with Crippen LogP contribution in [0.5, 0.6) is 0 Å². The maximum Gasteiger partial charge on any atom is 0.303 e. The maximum absolute atomic E-state index is 12.1. The van der Waals surface area contributed by atoms with Gasteiger partial charge in [-0.15, -0.1) is 0 Å². The molecule has 3 unspecified atom stereocenters. The molecule has 0 saturated heterocycles. The first kappa shape index (κ1) is 21.6. The van der Waals surface area contributed by atoms with Crippen LogP contribution in [0.2, 0.25) is 0 Å². The fraction of sp³-hybridized carbons (Fsp3) is 0.700. The number of carboxylic acid groups (broad SMARTS) is 1. The molecule has 0 radical (unpaired) electrons. The van der Waals surface area contributed by atoms with Crippen LogP contribution in [-0.4, -0.2) is 39.3 Å². The number of hydrogen-bond donors (Lipinski definition) is 3. The van der Waals surface area contributed by atoms with E-state index in [1.54, 1.807) is 12.2 Å². The predicted molar refractivity (Wildman–Crippen MR) is 97.1 cm³/mol. The van der Waals surface area contributed by atoms with Crippen LogP contribution in [-0.2, 0) is 9.59 Å². The summed E-state index contributed by atoms with van der Waals surface area (Å²) >= 11 is 0. The van der Waals surface area contributed by atoms with Gasteiger partial charge in [0.15, 0.2) is 0 Å². The van der Waals surface area contributed by atoms with Crippen molar-refractivity contribution in [3.63, 3.8) is 0 Å². The van der Waals surface area contributed by atoms with Gasteiger partial charge in [0.2, 0.25) is 0 Å². The Morgan fingerprint density at radius 1 is 1.28 bits per heavy atom. The molecule has 1 fully saturated rings. The molecule has 4 atom stereocenters. The molecule has 1 saturated carbocycles. The topological polar surface area (TPSA) is 94.8 Å². The first-order chi connectivity index (χ1) is 12.0. The SMILES string of the molecule is CCCCCC(O)/C=C/[C@H]1C(O)CC(=O)C1C/C=C\CCCC(=O)O. The minimum atomic E-state index is -0.801. The molecular weight excluding hydrogens is 320 g/mol. The Morgan fingerprint density at radius 2 is 2.04 bits per heavy atom. The minimum absolute atomic E-state index is 0.0535. The van der Waals surface area contributed by atoms with Crippen molar-refractivity contribution in [3.8, 4) is 0 Å². The zero-order valence-electron chi connectivity index (χ0n) is 15.1. The van der Waals surface area contributed by atoms with E-state index in [1.807, 2.05) is 12.2 Å². The summed E-state index contributed by atoms with van der Waals surface area (Å²) in [4.78, 5) is 22.5. The van der Waals surface area contributed by atoms with Gasteiger partial charge in [-0.1, -0.05) is 50.5 Å². The summed E-state index contributed by atoms with van der Waals surface area (Å²) in [6.45, 7) is 2.11. The van der Waals surface area contributed by atoms with Gasteiger partial charge in [0.1, 0.15) is 5.78 Å². The number of hydrogen-bond acceptors (Lipinski definition) is 4. The van der Waals surface area contributed by atoms with Crippen LogP contribution in [0.1, 0.15) is 64.7 Å². The molecule has 0 bridgehead atoms. The van der Waals surface area contributed by atoms with Gasteiger partial charge in [-0.25, -0.2) is 0 Å². The molecule has 1 aliphatic carbocycles. The summed E-state index contributed by atoms with van der Waals surface area (Å²) < 4.78 is 0.